The molecule has 39 heavy (non-hydrogen) atoms. The second-order valence-corrected chi connectivity index (χ2v) is 10.6. The lowest BCUT2D eigenvalue weighted by molar-refractivity contribution is -0.335. The van der Waals surface area contributed by atoms with Crippen molar-refractivity contribution in [2.75, 3.05) is 34.2 Å². The molecule has 2 N–H and O–H groups in total. The van der Waals surface area contributed by atoms with Gasteiger partial charge in [0.15, 0.2) is 5.79 Å². The van der Waals surface area contributed by atoms with E-state index in [9.17, 15) is 10.2 Å². The van der Waals surface area contributed by atoms with Crippen molar-refractivity contribution in [2.45, 2.75) is 81.8 Å². The molecule has 0 amide bonds. The highest BCUT2D eigenvalue weighted by Gasteiger charge is 2.50. The quantitative estimate of drug-likeness (QED) is 0.355. The van der Waals surface area contributed by atoms with Crippen LogP contribution in [0.2, 0.25) is 5.02 Å². The van der Waals surface area contributed by atoms with E-state index >= 15 is 0 Å². The first-order valence-corrected chi connectivity index (χ1v) is 14.1. The Morgan fingerprint density at radius 3 is 2.41 bits per heavy atom. The first kappa shape index (κ1) is 30.2. The molecule has 216 valence electrons. The zero-order valence-electron chi connectivity index (χ0n) is 23.0. The molecular formula is C30H41ClO8. The summed E-state index contributed by atoms with van der Waals surface area (Å²) in [5, 5.41) is 22.5. The first-order chi connectivity index (χ1) is 18.9. The minimum atomic E-state index is -1.09. The topological polar surface area (TPSA) is 95.8 Å². The standard InChI is InChI=1S/C30H41ClO8/c1-4-36-23-11-8-20(9-12-23)16-22-17-21(10-13-24(22)31)27-26(33)29(37-19-34-2)28(25(18-32)38-27)39-30(35-3)14-6-5-7-15-30/h8-13,17,25-29,32-33H,4-7,14-16,18-19H2,1-3H3. The third-order valence-electron chi connectivity index (χ3n) is 7.58. The van der Waals surface area contributed by atoms with E-state index in [0.29, 0.717) is 18.1 Å². The Bertz CT molecular complexity index is 1030. The highest BCUT2D eigenvalue weighted by molar-refractivity contribution is 6.31. The van der Waals surface area contributed by atoms with E-state index in [1.54, 1.807) is 13.2 Å². The summed E-state index contributed by atoms with van der Waals surface area (Å²) in [5.74, 6) is 0.00348. The summed E-state index contributed by atoms with van der Waals surface area (Å²) in [7, 11) is 3.15. The van der Waals surface area contributed by atoms with Crippen LogP contribution in [0.25, 0.3) is 0 Å². The summed E-state index contributed by atoms with van der Waals surface area (Å²) < 4.78 is 35.3. The van der Waals surface area contributed by atoms with Gasteiger partial charge in [0.2, 0.25) is 0 Å². The Balaban J connectivity index is 1.58. The van der Waals surface area contributed by atoms with Crippen LogP contribution in [0.4, 0.5) is 0 Å². The van der Waals surface area contributed by atoms with Crippen LogP contribution in [-0.2, 0) is 30.1 Å². The SMILES string of the molecule is CCOc1ccc(Cc2cc(C3OC(CO)C(OC4(OC)CCCCC4)C(OCOC)C3O)ccc2Cl)cc1. The minimum absolute atomic E-state index is 0.0456. The number of hydrogen-bond donors (Lipinski definition) is 2. The molecule has 1 heterocycles. The zero-order valence-corrected chi connectivity index (χ0v) is 23.8. The Morgan fingerprint density at radius 2 is 1.77 bits per heavy atom. The Morgan fingerprint density at radius 1 is 1.03 bits per heavy atom. The highest BCUT2D eigenvalue weighted by atomic mass is 35.5. The number of hydrogen-bond acceptors (Lipinski definition) is 8. The van der Waals surface area contributed by atoms with Gasteiger partial charge < -0.3 is 38.6 Å². The van der Waals surface area contributed by atoms with E-state index in [2.05, 4.69) is 0 Å². The number of aliphatic hydroxyl groups excluding tert-OH is 2. The van der Waals surface area contributed by atoms with Gasteiger partial charge in [-0.25, -0.2) is 0 Å². The van der Waals surface area contributed by atoms with Crippen molar-refractivity contribution in [3.63, 3.8) is 0 Å². The average molecular weight is 565 g/mol. The first-order valence-electron chi connectivity index (χ1n) is 13.7. The lowest BCUT2D eigenvalue weighted by Gasteiger charge is -2.48. The molecule has 0 aromatic heterocycles. The van der Waals surface area contributed by atoms with Gasteiger partial charge in [0.05, 0.1) is 13.2 Å². The lowest BCUT2D eigenvalue weighted by atomic mass is 9.88. The van der Waals surface area contributed by atoms with Crippen molar-refractivity contribution in [1.29, 1.82) is 0 Å². The molecule has 1 aliphatic carbocycles. The Hall–Kier alpha value is -1.75. The highest BCUT2D eigenvalue weighted by Crippen LogP contribution is 2.41. The molecule has 0 bridgehead atoms. The van der Waals surface area contributed by atoms with E-state index in [1.807, 2.05) is 43.3 Å². The Labute approximate surface area is 236 Å². The van der Waals surface area contributed by atoms with Crippen molar-refractivity contribution in [1.82, 2.24) is 0 Å². The molecule has 5 unspecified atom stereocenters. The van der Waals surface area contributed by atoms with Gasteiger partial charge in [0.1, 0.15) is 43.1 Å². The van der Waals surface area contributed by atoms with Crippen LogP contribution >= 0.6 is 11.6 Å². The molecule has 8 nitrogen and oxygen atoms in total. The number of benzene rings is 2. The molecular weight excluding hydrogens is 524 g/mol. The van der Waals surface area contributed by atoms with Crippen LogP contribution in [0.15, 0.2) is 42.5 Å². The fraction of sp³-hybridized carbons (Fsp3) is 0.600. The second-order valence-electron chi connectivity index (χ2n) is 10.2. The van der Waals surface area contributed by atoms with Gasteiger partial charge in [0.25, 0.3) is 0 Å². The van der Waals surface area contributed by atoms with E-state index in [-0.39, 0.29) is 13.4 Å². The number of aliphatic hydroxyl groups is 2. The van der Waals surface area contributed by atoms with Gasteiger partial charge in [-0.1, -0.05) is 42.3 Å². The van der Waals surface area contributed by atoms with E-state index in [4.69, 9.17) is 40.0 Å². The summed E-state index contributed by atoms with van der Waals surface area (Å²) >= 11 is 6.58. The maximum absolute atomic E-state index is 11.6. The zero-order chi connectivity index (χ0) is 27.8. The predicted octanol–water partition coefficient (Wildman–Crippen LogP) is 4.80. The molecule has 0 radical (unpaired) electrons. The van der Waals surface area contributed by atoms with Crippen LogP contribution in [0.3, 0.4) is 0 Å². The molecule has 0 spiro atoms. The van der Waals surface area contributed by atoms with Crippen molar-refractivity contribution in [3.05, 3.63) is 64.2 Å². The fourth-order valence-corrected chi connectivity index (χ4v) is 5.72. The van der Waals surface area contributed by atoms with Crippen LogP contribution in [-0.4, -0.2) is 74.6 Å². The summed E-state index contributed by atoms with van der Waals surface area (Å²) in [6, 6.07) is 13.5. The summed E-state index contributed by atoms with van der Waals surface area (Å²) in [5.41, 5.74) is 2.70. The maximum atomic E-state index is 11.6. The molecule has 1 saturated heterocycles. The number of methoxy groups -OCH3 is 2. The maximum Gasteiger partial charge on any atom is 0.168 e. The van der Waals surface area contributed by atoms with Gasteiger partial charge in [0, 0.05) is 32.1 Å². The van der Waals surface area contributed by atoms with Crippen molar-refractivity contribution in [2.24, 2.45) is 0 Å². The van der Waals surface area contributed by atoms with Gasteiger partial charge in [-0.3, -0.25) is 0 Å². The predicted molar refractivity (Wildman–Crippen MR) is 147 cm³/mol. The van der Waals surface area contributed by atoms with Gasteiger partial charge in [-0.15, -0.1) is 0 Å². The van der Waals surface area contributed by atoms with Crippen LogP contribution < -0.4 is 4.74 Å². The van der Waals surface area contributed by atoms with Gasteiger partial charge in [-0.05, 0) is 61.1 Å². The molecule has 4 rings (SSSR count). The van der Waals surface area contributed by atoms with Gasteiger partial charge >= 0.3 is 0 Å². The molecule has 2 fully saturated rings. The molecule has 5 atom stereocenters. The summed E-state index contributed by atoms with van der Waals surface area (Å²) in [6.45, 7) is 2.20. The van der Waals surface area contributed by atoms with Crippen molar-refractivity contribution >= 4 is 11.6 Å². The monoisotopic (exact) mass is 564 g/mol. The number of rotatable bonds is 12. The smallest absolute Gasteiger partial charge is 0.168 e. The van der Waals surface area contributed by atoms with E-state index in [0.717, 1.165) is 54.5 Å². The van der Waals surface area contributed by atoms with Crippen molar-refractivity contribution in [3.8, 4) is 5.75 Å². The average Bonchev–Trinajstić information content (AvgIpc) is 2.96. The molecule has 1 aliphatic heterocycles. The largest absolute Gasteiger partial charge is 0.494 e. The van der Waals surface area contributed by atoms with Crippen molar-refractivity contribution < 1.29 is 38.6 Å². The number of ether oxygens (including phenoxy) is 6. The molecule has 2 aromatic rings. The number of halogens is 1. The van der Waals surface area contributed by atoms with Gasteiger partial charge in [-0.2, -0.15) is 0 Å². The van der Waals surface area contributed by atoms with E-state index in [1.165, 1.54) is 7.11 Å². The molecule has 9 heteroatoms. The summed E-state index contributed by atoms with van der Waals surface area (Å²) in [6.07, 6.45) is 0.908. The van der Waals surface area contributed by atoms with Crippen LogP contribution in [0.5, 0.6) is 5.75 Å². The third-order valence-corrected chi connectivity index (χ3v) is 7.95. The molecule has 2 aliphatic rings. The summed E-state index contributed by atoms with van der Waals surface area (Å²) in [4.78, 5) is 0. The molecule has 2 aromatic carbocycles. The third kappa shape index (κ3) is 7.31. The fourth-order valence-electron chi connectivity index (χ4n) is 5.54. The Kier molecular flexibility index (Phi) is 11.0. The van der Waals surface area contributed by atoms with E-state index < -0.39 is 36.3 Å². The van der Waals surface area contributed by atoms with Crippen LogP contribution in [0.1, 0.15) is 61.8 Å². The minimum Gasteiger partial charge on any atom is -0.494 e. The lowest BCUT2D eigenvalue weighted by Crippen LogP contribution is -2.60. The normalized spacial score (nSPS) is 26.9. The second kappa shape index (κ2) is 14.2. The molecule has 1 saturated carbocycles. The van der Waals surface area contributed by atoms with Crippen LogP contribution in [0, 0.1) is 0 Å².